The van der Waals surface area contributed by atoms with E-state index < -0.39 is 7.14 Å². The van der Waals surface area contributed by atoms with E-state index in [1.54, 1.807) is 0 Å². The van der Waals surface area contributed by atoms with Gasteiger partial charge in [0.2, 0.25) is 0 Å². The minimum Gasteiger partial charge on any atom is -0.361 e. The molecule has 0 radical (unpaired) electrons. The van der Waals surface area contributed by atoms with Crippen molar-refractivity contribution >= 4 is 55.8 Å². The van der Waals surface area contributed by atoms with Crippen molar-refractivity contribution in [3.63, 3.8) is 0 Å². The van der Waals surface area contributed by atoms with Crippen molar-refractivity contribution in [3.8, 4) is 5.69 Å². The van der Waals surface area contributed by atoms with Crippen molar-refractivity contribution in [2.24, 2.45) is 0 Å². The van der Waals surface area contributed by atoms with Crippen molar-refractivity contribution in [2.45, 2.75) is 0 Å². The van der Waals surface area contributed by atoms with Gasteiger partial charge in [0.05, 0.1) is 11.0 Å². The lowest BCUT2D eigenvalue weighted by Crippen LogP contribution is -2.24. The van der Waals surface area contributed by atoms with Crippen LogP contribution in [0.2, 0.25) is 0 Å². The zero-order valence-corrected chi connectivity index (χ0v) is 20.4. The lowest BCUT2D eigenvalue weighted by molar-refractivity contribution is 0.592. The average molecular weight is 483 g/mol. The third-order valence-electron chi connectivity index (χ3n) is 7.05. The molecule has 2 aromatic heterocycles. The molecule has 0 amide bonds. The Labute approximate surface area is 209 Å². The van der Waals surface area contributed by atoms with Gasteiger partial charge >= 0.3 is 0 Å². The van der Waals surface area contributed by atoms with Crippen molar-refractivity contribution in [1.29, 1.82) is 0 Å². The lowest BCUT2D eigenvalue weighted by atomic mass is 10.1. The third-order valence-corrected chi connectivity index (χ3v) is 10.1. The molecule has 0 saturated carbocycles. The van der Waals surface area contributed by atoms with E-state index in [-0.39, 0.29) is 0 Å². The van der Waals surface area contributed by atoms with Gasteiger partial charge in [0.25, 0.3) is 0 Å². The van der Waals surface area contributed by atoms with Crippen LogP contribution in [0, 0.1) is 0 Å². The molecule has 0 aliphatic rings. The standard InChI is InChI=1S/C32H23N2OP/c35-36(25-9-3-1-4-10-25,26-11-5-2-6-12-26)27-16-18-32-29(22-27)28-13-7-8-14-31(28)34(32)24-15-17-30-23(21-24)19-20-33-30/h1-22,33H. The molecule has 172 valence electrons. The summed E-state index contributed by atoms with van der Waals surface area (Å²) in [5.41, 5.74) is 4.46. The third kappa shape index (κ3) is 3.10. The molecule has 0 atom stereocenters. The van der Waals surface area contributed by atoms with E-state index in [2.05, 4.69) is 70.2 Å². The van der Waals surface area contributed by atoms with Gasteiger partial charge in [0.1, 0.15) is 0 Å². The fourth-order valence-corrected chi connectivity index (χ4v) is 8.01. The van der Waals surface area contributed by atoms with Crippen LogP contribution in [-0.2, 0) is 4.57 Å². The number of aromatic amines is 1. The van der Waals surface area contributed by atoms with Crippen LogP contribution in [0.15, 0.2) is 134 Å². The first-order valence-corrected chi connectivity index (χ1v) is 13.8. The van der Waals surface area contributed by atoms with E-state index in [4.69, 9.17) is 0 Å². The first kappa shape index (κ1) is 21.0. The highest BCUT2D eigenvalue weighted by molar-refractivity contribution is 7.85. The molecule has 0 aliphatic heterocycles. The smallest absolute Gasteiger partial charge is 0.171 e. The Morgan fingerprint density at radius 3 is 1.97 bits per heavy atom. The van der Waals surface area contributed by atoms with Gasteiger partial charge in [-0.15, -0.1) is 0 Å². The van der Waals surface area contributed by atoms with Crippen LogP contribution in [0.25, 0.3) is 38.4 Å². The van der Waals surface area contributed by atoms with E-state index in [9.17, 15) is 4.57 Å². The second-order valence-electron chi connectivity index (χ2n) is 9.08. The molecule has 0 unspecified atom stereocenters. The molecular formula is C32H23N2OP. The number of para-hydroxylation sites is 1. The summed E-state index contributed by atoms with van der Waals surface area (Å²) in [6, 6.07) is 43.1. The summed E-state index contributed by atoms with van der Waals surface area (Å²) in [5, 5.41) is 5.96. The van der Waals surface area contributed by atoms with Gasteiger partial charge in [0, 0.05) is 49.5 Å². The molecule has 2 heterocycles. The highest BCUT2D eigenvalue weighted by Crippen LogP contribution is 2.44. The van der Waals surface area contributed by atoms with Gasteiger partial charge < -0.3 is 14.1 Å². The van der Waals surface area contributed by atoms with Crippen molar-refractivity contribution in [1.82, 2.24) is 9.55 Å². The number of rotatable bonds is 4. The van der Waals surface area contributed by atoms with E-state index in [1.165, 1.54) is 5.39 Å². The largest absolute Gasteiger partial charge is 0.361 e. The second kappa shape index (κ2) is 8.12. The zero-order valence-electron chi connectivity index (χ0n) is 19.5. The Hall–Kier alpha value is -4.33. The summed E-state index contributed by atoms with van der Waals surface area (Å²) in [6.45, 7) is 0. The molecule has 3 nitrogen and oxygen atoms in total. The fraction of sp³-hybridized carbons (Fsp3) is 0. The van der Waals surface area contributed by atoms with Gasteiger partial charge in [0.15, 0.2) is 7.14 Å². The average Bonchev–Trinajstić information content (AvgIpc) is 3.55. The zero-order chi connectivity index (χ0) is 24.1. The van der Waals surface area contributed by atoms with Crippen LogP contribution in [0.3, 0.4) is 0 Å². The number of nitrogens with zero attached hydrogens (tertiary/aromatic N) is 1. The molecule has 0 saturated heterocycles. The highest BCUT2D eigenvalue weighted by Gasteiger charge is 2.30. The lowest BCUT2D eigenvalue weighted by Gasteiger charge is -2.20. The van der Waals surface area contributed by atoms with Crippen molar-refractivity contribution < 1.29 is 4.57 Å². The predicted molar refractivity (Wildman–Crippen MR) is 152 cm³/mol. The second-order valence-corrected chi connectivity index (χ2v) is 11.9. The maximum Gasteiger partial charge on any atom is 0.171 e. The number of hydrogen-bond donors (Lipinski definition) is 1. The number of nitrogens with one attached hydrogen (secondary N) is 1. The molecule has 7 rings (SSSR count). The van der Waals surface area contributed by atoms with Crippen LogP contribution in [0.4, 0.5) is 0 Å². The summed E-state index contributed by atoms with van der Waals surface area (Å²) in [7, 11) is -3.06. The van der Waals surface area contributed by atoms with Gasteiger partial charge in [-0.1, -0.05) is 78.9 Å². The monoisotopic (exact) mass is 482 g/mol. The van der Waals surface area contributed by atoms with Crippen LogP contribution in [0.1, 0.15) is 0 Å². The molecular weight excluding hydrogens is 459 g/mol. The summed E-state index contributed by atoms with van der Waals surface area (Å²) in [5.74, 6) is 0. The first-order chi connectivity index (χ1) is 17.7. The highest BCUT2D eigenvalue weighted by atomic mass is 31.2. The minimum absolute atomic E-state index is 0.844. The van der Waals surface area contributed by atoms with E-state index in [1.807, 2.05) is 72.9 Å². The summed E-state index contributed by atoms with van der Waals surface area (Å²) in [6.07, 6.45) is 1.97. The van der Waals surface area contributed by atoms with Crippen LogP contribution in [0.5, 0.6) is 0 Å². The number of fused-ring (bicyclic) bond motifs is 4. The van der Waals surface area contributed by atoms with Gasteiger partial charge in [-0.2, -0.15) is 0 Å². The molecule has 5 aromatic carbocycles. The molecule has 4 heteroatoms. The van der Waals surface area contributed by atoms with Crippen molar-refractivity contribution in [2.75, 3.05) is 0 Å². The molecule has 0 fully saturated rings. The van der Waals surface area contributed by atoms with Gasteiger partial charge in [-0.25, -0.2) is 0 Å². The molecule has 7 aromatic rings. The molecule has 36 heavy (non-hydrogen) atoms. The van der Waals surface area contributed by atoms with E-state index in [0.717, 1.165) is 48.9 Å². The first-order valence-electron chi connectivity index (χ1n) is 12.1. The number of H-pyrrole nitrogens is 1. The number of aromatic nitrogens is 2. The number of benzene rings is 5. The van der Waals surface area contributed by atoms with Crippen LogP contribution in [-0.4, -0.2) is 9.55 Å². The summed E-state index contributed by atoms with van der Waals surface area (Å²) < 4.78 is 17.3. The normalized spacial score (nSPS) is 12.0. The van der Waals surface area contributed by atoms with Gasteiger partial charge in [-0.05, 0) is 48.5 Å². The van der Waals surface area contributed by atoms with Crippen molar-refractivity contribution in [3.05, 3.63) is 134 Å². The Balaban J connectivity index is 1.52. The summed E-state index contributed by atoms with van der Waals surface area (Å²) >= 11 is 0. The van der Waals surface area contributed by atoms with Crippen LogP contribution >= 0.6 is 7.14 Å². The fourth-order valence-electron chi connectivity index (χ4n) is 5.34. The SMILES string of the molecule is O=P(c1ccccc1)(c1ccccc1)c1ccc2c(c1)c1ccccc1n2-c1ccc2[nH]ccc2c1. The topological polar surface area (TPSA) is 37.8 Å². The molecule has 1 N–H and O–H groups in total. The maximum atomic E-state index is 15.0. The maximum absolute atomic E-state index is 15.0. The predicted octanol–water partition coefficient (Wildman–Crippen LogP) is 6.90. The molecule has 0 spiro atoms. The molecule has 0 aliphatic carbocycles. The van der Waals surface area contributed by atoms with Gasteiger partial charge in [-0.3, -0.25) is 0 Å². The summed E-state index contributed by atoms with van der Waals surface area (Å²) in [4.78, 5) is 3.28. The van der Waals surface area contributed by atoms with E-state index in [0.29, 0.717) is 0 Å². The Morgan fingerprint density at radius 2 is 1.22 bits per heavy atom. The Bertz CT molecular complexity index is 1870. The molecule has 0 bridgehead atoms. The number of hydrogen-bond acceptors (Lipinski definition) is 1. The minimum atomic E-state index is -3.06. The Kier molecular flexibility index (Phi) is 4.73. The Morgan fingerprint density at radius 1 is 0.556 bits per heavy atom. The van der Waals surface area contributed by atoms with Crippen LogP contribution < -0.4 is 15.9 Å². The quantitative estimate of drug-likeness (QED) is 0.272. The van der Waals surface area contributed by atoms with E-state index >= 15 is 0 Å².